The Labute approximate surface area is 122 Å². The van der Waals surface area contributed by atoms with Crippen LogP contribution in [0.1, 0.15) is 43.1 Å². The summed E-state index contributed by atoms with van der Waals surface area (Å²) in [7, 11) is 0. The van der Waals surface area contributed by atoms with Crippen LogP contribution in [0.15, 0.2) is 16.7 Å². The molecule has 1 aromatic heterocycles. The van der Waals surface area contributed by atoms with E-state index in [9.17, 15) is 4.79 Å². The Balaban J connectivity index is 2.18. The van der Waals surface area contributed by atoms with E-state index in [-0.39, 0.29) is 5.91 Å². The van der Waals surface area contributed by atoms with E-state index < -0.39 is 0 Å². The molecule has 19 heavy (non-hydrogen) atoms. The molecule has 102 valence electrons. The zero-order valence-electron chi connectivity index (χ0n) is 11.1. The molecule has 0 radical (unpaired) electrons. The Morgan fingerprint density at radius 3 is 2.95 bits per heavy atom. The van der Waals surface area contributed by atoms with E-state index >= 15 is 0 Å². The van der Waals surface area contributed by atoms with E-state index in [0.29, 0.717) is 19.0 Å². The van der Waals surface area contributed by atoms with E-state index in [1.807, 2.05) is 21.7 Å². The Morgan fingerprint density at radius 2 is 2.37 bits per heavy atom. The van der Waals surface area contributed by atoms with Crippen molar-refractivity contribution in [1.29, 1.82) is 5.26 Å². The average molecular weight is 324 g/mol. The van der Waals surface area contributed by atoms with Gasteiger partial charge in [0.05, 0.1) is 12.5 Å². The van der Waals surface area contributed by atoms with Gasteiger partial charge in [-0.1, -0.05) is 6.92 Å². The third-order valence-corrected chi connectivity index (χ3v) is 3.69. The smallest absolute Gasteiger partial charge is 0.270 e. The van der Waals surface area contributed by atoms with Gasteiger partial charge in [-0.3, -0.25) is 4.79 Å². The summed E-state index contributed by atoms with van der Waals surface area (Å²) >= 11 is 3.43. The third kappa shape index (κ3) is 3.38. The molecule has 0 bridgehead atoms. The fraction of sp³-hybridized carbons (Fsp3) is 0.571. The highest BCUT2D eigenvalue weighted by atomic mass is 79.9. The molecule has 0 spiro atoms. The molecule has 5 heteroatoms. The van der Waals surface area contributed by atoms with Gasteiger partial charge in [-0.2, -0.15) is 5.26 Å². The maximum atomic E-state index is 12.6. The van der Waals surface area contributed by atoms with Gasteiger partial charge in [0, 0.05) is 29.8 Å². The van der Waals surface area contributed by atoms with Crippen LogP contribution >= 0.6 is 15.9 Å². The molecule has 1 aliphatic carbocycles. The van der Waals surface area contributed by atoms with Crippen LogP contribution in [-0.2, 0) is 6.54 Å². The SMILES string of the molecule is CCCn1cc(Br)cc1C(=O)N(CCC#N)C1CC1. The van der Waals surface area contributed by atoms with E-state index in [2.05, 4.69) is 28.9 Å². The minimum atomic E-state index is 0.0527. The van der Waals surface area contributed by atoms with Crippen molar-refractivity contribution in [3.63, 3.8) is 0 Å². The zero-order chi connectivity index (χ0) is 13.8. The van der Waals surface area contributed by atoms with E-state index in [1.54, 1.807) is 0 Å². The number of carbonyl (C=O) groups excluding carboxylic acids is 1. The van der Waals surface area contributed by atoms with Gasteiger partial charge in [0.2, 0.25) is 0 Å². The number of hydrogen-bond acceptors (Lipinski definition) is 2. The van der Waals surface area contributed by atoms with Gasteiger partial charge in [-0.15, -0.1) is 0 Å². The van der Waals surface area contributed by atoms with Crippen LogP contribution in [0.25, 0.3) is 0 Å². The molecule has 1 aliphatic rings. The first-order chi connectivity index (χ1) is 9.17. The van der Waals surface area contributed by atoms with Crippen molar-refractivity contribution in [2.45, 2.75) is 45.2 Å². The predicted octanol–water partition coefficient (Wildman–Crippen LogP) is 3.18. The first-order valence-electron chi connectivity index (χ1n) is 6.71. The molecule has 1 saturated carbocycles. The standard InChI is InChI=1S/C14H18BrN3O/c1-2-7-17-10-11(15)9-13(17)14(19)18(8-3-6-16)12-4-5-12/h9-10,12H,2-5,7-8H2,1H3. The van der Waals surface area contributed by atoms with Crippen LogP contribution < -0.4 is 0 Å². The molecule has 0 aliphatic heterocycles. The minimum Gasteiger partial charge on any atom is -0.342 e. The molecular weight excluding hydrogens is 306 g/mol. The van der Waals surface area contributed by atoms with Crippen LogP contribution in [0.3, 0.4) is 0 Å². The van der Waals surface area contributed by atoms with Gasteiger partial charge in [-0.05, 0) is 41.3 Å². The third-order valence-electron chi connectivity index (χ3n) is 3.26. The lowest BCUT2D eigenvalue weighted by atomic mass is 10.3. The van der Waals surface area contributed by atoms with Crippen molar-refractivity contribution in [3.8, 4) is 6.07 Å². The van der Waals surface area contributed by atoms with Gasteiger partial charge in [0.1, 0.15) is 5.69 Å². The highest BCUT2D eigenvalue weighted by molar-refractivity contribution is 9.10. The van der Waals surface area contributed by atoms with Crippen LogP contribution in [0, 0.1) is 11.3 Å². The maximum absolute atomic E-state index is 12.6. The van der Waals surface area contributed by atoms with Gasteiger partial charge in [0.25, 0.3) is 5.91 Å². The molecule has 4 nitrogen and oxygen atoms in total. The molecule has 2 rings (SSSR count). The molecule has 1 fully saturated rings. The molecule has 1 aromatic rings. The second kappa shape index (κ2) is 6.25. The van der Waals surface area contributed by atoms with Crippen molar-refractivity contribution in [3.05, 3.63) is 22.4 Å². The first kappa shape index (κ1) is 14.1. The molecule has 0 aromatic carbocycles. The maximum Gasteiger partial charge on any atom is 0.270 e. The summed E-state index contributed by atoms with van der Waals surface area (Å²) < 4.78 is 2.93. The van der Waals surface area contributed by atoms with Crippen molar-refractivity contribution in [1.82, 2.24) is 9.47 Å². The minimum absolute atomic E-state index is 0.0527. The second-order valence-electron chi connectivity index (χ2n) is 4.87. The highest BCUT2D eigenvalue weighted by Gasteiger charge is 2.33. The van der Waals surface area contributed by atoms with Crippen molar-refractivity contribution in [2.75, 3.05) is 6.54 Å². The molecule has 0 N–H and O–H groups in total. The monoisotopic (exact) mass is 323 g/mol. The molecule has 0 unspecified atom stereocenters. The largest absolute Gasteiger partial charge is 0.342 e. The molecule has 0 saturated heterocycles. The topological polar surface area (TPSA) is 49.0 Å². The highest BCUT2D eigenvalue weighted by Crippen LogP contribution is 2.29. The van der Waals surface area contributed by atoms with Gasteiger partial charge in [0.15, 0.2) is 0 Å². The number of nitriles is 1. The fourth-order valence-corrected chi connectivity index (χ4v) is 2.70. The van der Waals surface area contributed by atoms with E-state index in [4.69, 9.17) is 5.26 Å². The van der Waals surface area contributed by atoms with Crippen molar-refractivity contribution in [2.24, 2.45) is 0 Å². The lowest BCUT2D eigenvalue weighted by molar-refractivity contribution is 0.0735. The second-order valence-corrected chi connectivity index (χ2v) is 5.79. The van der Waals surface area contributed by atoms with Gasteiger partial charge in [-0.25, -0.2) is 0 Å². The van der Waals surface area contributed by atoms with E-state index in [1.165, 1.54) is 0 Å². The summed E-state index contributed by atoms with van der Waals surface area (Å²) in [5.41, 5.74) is 0.721. The number of carbonyl (C=O) groups is 1. The van der Waals surface area contributed by atoms with Gasteiger partial charge < -0.3 is 9.47 Å². The van der Waals surface area contributed by atoms with Crippen LogP contribution in [0.5, 0.6) is 0 Å². The Hall–Kier alpha value is -1.28. The number of hydrogen-bond donors (Lipinski definition) is 0. The molecule has 1 heterocycles. The fourth-order valence-electron chi connectivity index (χ4n) is 2.23. The summed E-state index contributed by atoms with van der Waals surface area (Å²) in [6.07, 6.45) is 5.46. The van der Waals surface area contributed by atoms with Gasteiger partial charge >= 0.3 is 0 Å². The first-order valence-corrected chi connectivity index (χ1v) is 7.50. The number of rotatable bonds is 6. The summed E-state index contributed by atoms with van der Waals surface area (Å²) in [6.45, 7) is 3.47. The summed E-state index contributed by atoms with van der Waals surface area (Å²) in [6, 6.07) is 4.33. The Bertz CT molecular complexity index is 499. The number of aryl methyl sites for hydroxylation is 1. The average Bonchev–Trinajstić information content (AvgIpc) is 3.14. The quantitative estimate of drug-likeness (QED) is 0.807. The normalized spacial score (nSPS) is 14.2. The molecule has 0 atom stereocenters. The number of nitrogens with zero attached hydrogens (tertiary/aromatic N) is 3. The van der Waals surface area contributed by atoms with Crippen LogP contribution in [0.4, 0.5) is 0 Å². The number of aromatic nitrogens is 1. The van der Waals surface area contributed by atoms with Crippen LogP contribution in [0.2, 0.25) is 0 Å². The lowest BCUT2D eigenvalue weighted by Crippen LogP contribution is -2.35. The number of halogens is 1. The predicted molar refractivity (Wildman–Crippen MR) is 76.7 cm³/mol. The number of amides is 1. The summed E-state index contributed by atoms with van der Waals surface area (Å²) in [4.78, 5) is 14.5. The van der Waals surface area contributed by atoms with Crippen molar-refractivity contribution < 1.29 is 4.79 Å². The Kier molecular flexibility index (Phi) is 4.65. The molecular formula is C14H18BrN3O. The zero-order valence-corrected chi connectivity index (χ0v) is 12.7. The summed E-state index contributed by atoms with van der Waals surface area (Å²) in [5, 5.41) is 8.71. The van der Waals surface area contributed by atoms with Crippen molar-refractivity contribution >= 4 is 21.8 Å². The van der Waals surface area contributed by atoms with Crippen LogP contribution in [-0.4, -0.2) is 28.0 Å². The molecule has 1 amide bonds. The Morgan fingerprint density at radius 1 is 1.63 bits per heavy atom. The summed E-state index contributed by atoms with van der Waals surface area (Å²) in [5.74, 6) is 0.0527. The van der Waals surface area contributed by atoms with E-state index in [0.717, 1.165) is 36.0 Å². The lowest BCUT2D eigenvalue weighted by Gasteiger charge is -2.22.